The van der Waals surface area contributed by atoms with E-state index in [0.29, 0.717) is 16.7 Å². The molecule has 0 aliphatic heterocycles. The number of rotatable bonds is 5. The van der Waals surface area contributed by atoms with Gasteiger partial charge in [-0.25, -0.2) is 0 Å². The zero-order chi connectivity index (χ0) is 14.5. The molecule has 0 amide bonds. The molecule has 106 valence electrons. The van der Waals surface area contributed by atoms with Gasteiger partial charge in [-0.05, 0) is 34.5 Å². The molecule has 0 unspecified atom stereocenters. The quantitative estimate of drug-likeness (QED) is 0.754. The Labute approximate surface area is 131 Å². The Bertz CT molecular complexity index is 605. The molecule has 0 aliphatic rings. The number of hydrogen-bond acceptors (Lipinski definition) is 5. The van der Waals surface area contributed by atoms with E-state index >= 15 is 0 Å². The molecule has 1 aromatic heterocycles. The predicted octanol–water partition coefficient (Wildman–Crippen LogP) is 4.04. The van der Waals surface area contributed by atoms with Crippen LogP contribution in [0, 0.1) is 0 Å². The Morgan fingerprint density at radius 1 is 1.30 bits per heavy atom. The van der Waals surface area contributed by atoms with Crippen LogP contribution in [0.1, 0.15) is 13.3 Å². The van der Waals surface area contributed by atoms with Gasteiger partial charge >= 0.3 is 0 Å². The van der Waals surface area contributed by atoms with Crippen LogP contribution in [0.2, 0.25) is 5.02 Å². The van der Waals surface area contributed by atoms with Crippen LogP contribution in [-0.4, -0.2) is 16.5 Å². The highest BCUT2D eigenvalue weighted by Gasteiger charge is 2.07. The molecule has 0 saturated heterocycles. The van der Waals surface area contributed by atoms with Crippen LogP contribution in [0.5, 0.6) is 0 Å². The summed E-state index contributed by atoms with van der Waals surface area (Å²) >= 11 is 9.49. The van der Waals surface area contributed by atoms with E-state index in [4.69, 9.17) is 17.3 Å². The van der Waals surface area contributed by atoms with Gasteiger partial charge in [0, 0.05) is 12.6 Å². The van der Waals surface area contributed by atoms with Crippen molar-refractivity contribution in [3.05, 3.63) is 33.8 Å². The molecule has 1 aromatic carbocycles. The summed E-state index contributed by atoms with van der Waals surface area (Å²) in [7, 11) is 0. The third-order valence-electron chi connectivity index (χ3n) is 2.51. The highest BCUT2D eigenvalue weighted by Crippen LogP contribution is 2.32. The van der Waals surface area contributed by atoms with E-state index < -0.39 is 0 Å². The van der Waals surface area contributed by atoms with Gasteiger partial charge in [0.1, 0.15) is 11.6 Å². The van der Waals surface area contributed by atoms with Crippen molar-refractivity contribution in [2.24, 2.45) is 0 Å². The summed E-state index contributed by atoms with van der Waals surface area (Å²) in [6.07, 6.45) is 1.01. The Kier molecular flexibility index (Phi) is 5.03. The van der Waals surface area contributed by atoms with Crippen molar-refractivity contribution in [2.45, 2.75) is 13.3 Å². The minimum atomic E-state index is 0.215. The molecule has 0 aliphatic carbocycles. The molecule has 2 aromatic rings. The molecule has 0 spiro atoms. The van der Waals surface area contributed by atoms with Gasteiger partial charge in [0.15, 0.2) is 0 Å². The van der Waals surface area contributed by atoms with Crippen molar-refractivity contribution < 1.29 is 0 Å². The van der Waals surface area contributed by atoms with Crippen molar-refractivity contribution >= 4 is 50.8 Å². The molecule has 0 saturated carbocycles. The van der Waals surface area contributed by atoms with Crippen molar-refractivity contribution in [3.8, 4) is 0 Å². The van der Waals surface area contributed by atoms with Gasteiger partial charge in [-0.3, -0.25) is 0 Å². The SMILES string of the molecule is CCCNc1cc(Nc2cccc(Cl)c2Br)nc(N)n1. The maximum Gasteiger partial charge on any atom is 0.223 e. The fraction of sp³-hybridized carbons (Fsp3) is 0.231. The topological polar surface area (TPSA) is 75.9 Å². The lowest BCUT2D eigenvalue weighted by atomic mass is 10.3. The van der Waals surface area contributed by atoms with Crippen LogP contribution in [0.15, 0.2) is 28.7 Å². The monoisotopic (exact) mass is 355 g/mol. The Hall–Kier alpha value is -1.53. The number of hydrogen-bond donors (Lipinski definition) is 3. The number of halogens is 2. The fourth-order valence-electron chi connectivity index (χ4n) is 1.61. The largest absolute Gasteiger partial charge is 0.370 e. The van der Waals surface area contributed by atoms with Crippen LogP contribution >= 0.6 is 27.5 Å². The maximum absolute atomic E-state index is 6.05. The van der Waals surface area contributed by atoms with E-state index in [9.17, 15) is 0 Å². The normalized spacial score (nSPS) is 10.3. The highest BCUT2D eigenvalue weighted by atomic mass is 79.9. The molecule has 0 atom stereocenters. The van der Waals surface area contributed by atoms with Crippen LogP contribution in [-0.2, 0) is 0 Å². The second-order valence-electron chi connectivity index (χ2n) is 4.15. The number of aromatic nitrogens is 2. The van der Waals surface area contributed by atoms with Crippen molar-refractivity contribution in [1.82, 2.24) is 9.97 Å². The zero-order valence-corrected chi connectivity index (χ0v) is 13.3. The number of nitrogens with one attached hydrogen (secondary N) is 2. The van der Waals surface area contributed by atoms with Crippen LogP contribution < -0.4 is 16.4 Å². The number of benzene rings is 1. The highest BCUT2D eigenvalue weighted by molar-refractivity contribution is 9.10. The molecule has 1 heterocycles. The van der Waals surface area contributed by atoms with E-state index in [1.807, 2.05) is 12.1 Å². The van der Waals surface area contributed by atoms with Gasteiger partial charge in [-0.2, -0.15) is 9.97 Å². The summed E-state index contributed by atoms with van der Waals surface area (Å²) in [4.78, 5) is 8.29. The predicted molar refractivity (Wildman–Crippen MR) is 87.7 cm³/mol. The Balaban J connectivity index is 2.24. The first-order valence-electron chi connectivity index (χ1n) is 6.19. The number of nitrogens with two attached hydrogens (primary N) is 1. The number of nitrogens with zero attached hydrogens (tertiary/aromatic N) is 2. The first kappa shape index (κ1) is 14.9. The minimum Gasteiger partial charge on any atom is -0.370 e. The molecule has 4 N–H and O–H groups in total. The zero-order valence-electron chi connectivity index (χ0n) is 11.0. The van der Waals surface area contributed by atoms with Crippen LogP contribution in [0.25, 0.3) is 0 Å². The maximum atomic E-state index is 6.05. The Morgan fingerprint density at radius 3 is 2.80 bits per heavy atom. The molecule has 20 heavy (non-hydrogen) atoms. The summed E-state index contributed by atoms with van der Waals surface area (Å²) in [5.74, 6) is 1.52. The second-order valence-corrected chi connectivity index (χ2v) is 5.35. The number of nitrogen functional groups attached to an aromatic ring is 1. The average molecular weight is 357 g/mol. The minimum absolute atomic E-state index is 0.215. The molecule has 0 bridgehead atoms. The van der Waals surface area contributed by atoms with Gasteiger partial charge in [-0.15, -0.1) is 0 Å². The molecule has 7 heteroatoms. The summed E-state index contributed by atoms with van der Waals surface area (Å²) in [5, 5.41) is 6.97. The summed E-state index contributed by atoms with van der Waals surface area (Å²) in [6.45, 7) is 2.91. The van der Waals surface area contributed by atoms with Gasteiger partial charge in [-0.1, -0.05) is 24.6 Å². The van der Waals surface area contributed by atoms with E-state index in [2.05, 4.69) is 43.5 Å². The number of anilines is 4. The van der Waals surface area contributed by atoms with Crippen molar-refractivity contribution in [2.75, 3.05) is 22.9 Å². The van der Waals surface area contributed by atoms with E-state index in [0.717, 1.165) is 23.1 Å². The fourth-order valence-corrected chi connectivity index (χ4v) is 2.15. The standard InChI is InChI=1S/C13H15BrClN5/c1-2-6-17-10-7-11(20-13(16)19-10)18-9-5-3-4-8(15)12(9)14/h3-5,7H,2,6H2,1H3,(H4,16,17,18,19,20). The third kappa shape index (κ3) is 3.74. The Morgan fingerprint density at radius 2 is 2.05 bits per heavy atom. The summed E-state index contributed by atoms with van der Waals surface area (Å²) < 4.78 is 0.780. The lowest BCUT2D eigenvalue weighted by Gasteiger charge is -2.11. The average Bonchev–Trinajstić information content (AvgIpc) is 2.41. The lowest BCUT2D eigenvalue weighted by molar-refractivity contribution is 0.967. The first-order chi connectivity index (χ1) is 9.60. The smallest absolute Gasteiger partial charge is 0.223 e. The first-order valence-corrected chi connectivity index (χ1v) is 7.36. The molecule has 5 nitrogen and oxygen atoms in total. The molecule has 0 fully saturated rings. The summed E-state index contributed by atoms with van der Waals surface area (Å²) in [5.41, 5.74) is 6.53. The van der Waals surface area contributed by atoms with Crippen LogP contribution in [0.4, 0.5) is 23.3 Å². The summed E-state index contributed by atoms with van der Waals surface area (Å²) in [6, 6.07) is 7.36. The molecule has 2 rings (SSSR count). The van der Waals surface area contributed by atoms with Gasteiger partial charge in [0.05, 0.1) is 15.2 Å². The van der Waals surface area contributed by atoms with Crippen molar-refractivity contribution in [3.63, 3.8) is 0 Å². The van der Waals surface area contributed by atoms with Crippen LogP contribution in [0.3, 0.4) is 0 Å². The van der Waals surface area contributed by atoms with Gasteiger partial charge < -0.3 is 16.4 Å². The van der Waals surface area contributed by atoms with Gasteiger partial charge in [0.25, 0.3) is 0 Å². The van der Waals surface area contributed by atoms with E-state index in [-0.39, 0.29) is 5.95 Å². The van der Waals surface area contributed by atoms with Gasteiger partial charge in [0.2, 0.25) is 5.95 Å². The van der Waals surface area contributed by atoms with Crippen molar-refractivity contribution in [1.29, 1.82) is 0 Å². The van der Waals surface area contributed by atoms with E-state index in [1.165, 1.54) is 0 Å². The lowest BCUT2D eigenvalue weighted by Crippen LogP contribution is -2.07. The molecule has 0 radical (unpaired) electrons. The van der Waals surface area contributed by atoms with E-state index in [1.54, 1.807) is 12.1 Å². The molecular weight excluding hydrogens is 342 g/mol. The molecular formula is C13H15BrClN5. The third-order valence-corrected chi connectivity index (χ3v) is 3.91. The second kappa shape index (κ2) is 6.76.